The molecular weight excluding hydrogens is 282 g/mol. The average Bonchev–Trinajstić information content (AvgIpc) is 3.06. The molecule has 120 valence electrons. The summed E-state index contributed by atoms with van der Waals surface area (Å²) in [4.78, 5) is 13.0. The summed E-state index contributed by atoms with van der Waals surface area (Å²) in [6.45, 7) is 4.17. The predicted molar refractivity (Wildman–Crippen MR) is 95.7 cm³/mol. The smallest absolute Gasteiger partial charge is 0.232 e. The highest BCUT2D eigenvalue weighted by Gasteiger charge is 2.31. The molecule has 0 aromatic heterocycles. The van der Waals surface area contributed by atoms with Gasteiger partial charge in [-0.15, -0.1) is 0 Å². The number of nitrogens with one attached hydrogen (secondary N) is 1. The molecule has 1 fully saturated rings. The third-order valence-electron chi connectivity index (χ3n) is 5.09. The molecule has 0 radical (unpaired) electrons. The highest BCUT2D eigenvalue weighted by Crippen LogP contribution is 2.38. The number of hydrogen-bond acceptors (Lipinski definition) is 1. The molecule has 2 nitrogen and oxygen atoms in total. The van der Waals surface area contributed by atoms with E-state index in [1.807, 2.05) is 24.3 Å². The van der Waals surface area contributed by atoms with Crippen molar-refractivity contribution in [2.75, 3.05) is 5.32 Å². The Morgan fingerprint density at radius 1 is 1.00 bits per heavy atom. The van der Waals surface area contributed by atoms with Crippen molar-refractivity contribution in [1.29, 1.82) is 0 Å². The summed E-state index contributed by atoms with van der Waals surface area (Å²) in [5.74, 6) is 0.551. The van der Waals surface area contributed by atoms with Gasteiger partial charge in [0.2, 0.25) is 5.91 Å². The Kier molecular flexibility index (Phi) is 4.80. The van der Waals surface area contributed by atoms with Crippen LogP contribution in [-0.4, -0.2) is 5.91 Å². The normalized spacial score (nSPS) is 16.3. The van der Waals surface area contributed by atoms with E-state index in [2.05, 4.69) is 43.4 Å². The summed E-state index contributed by atoms with van der Waals surface area (Å²) < 4.78 is 0. The first-order chi connectivity index (χ1) is 11.1. The van der Waals surface area contributed by atoms with Crippen LogP contribution in [0.3, 0.4) is 0 Å². The second-order valence-electron chi connectivity index (χ2n) is 6.72. The van der Waals surface area contributed by atoms with Gasteiger partial charge in [0.05, 0.1) is 5.92 Å². The highest BCUT2D eigenvalue weighted by atomic mass is 16.1. The molecule has 0 unspecified atom stereocenters. The SMILES string of the molecule is Cc1ccc(NC(=O)[C@@H](c2ccccc2)C2CCCC2)cc1C. The molecule has 0 spiro atoms. The summed E-state index contributed by atoms with van der Waals surface area (Å²) in [6, 6.07) is 16.4. The monoisotopic (exact) mass is 307 g/mol. The fourth-order valence-corrected chi connectivity index (χ4v) is 3.63. The van der Waals surface area contributed by atoms with Crippen LogP contribution in [0.1, 0.15) is 48.3 Å². The maximum absolute atomic E-state index is 13.0. The van der Waals surface area contributed by atoms with Crippen LogP contribution in [0.5, 0.6) is 0 Å². The minimum Gasteiger partial charge on any atom is -0.326 e. The van der Waals surface area contributed by atoms with Crippen LogP contribution in [0.4, 0.5) is 5.69 Å². The molecule has 2 aromatic rings. The molecule has 1 aliphatic rings. The van der Waals surface area contributed by atoms with Crippen molar-refractivity contribution in [2.45, 2.75) is 45.4 Å². The van der Waals surface area contributed by atoms with Crippen molar-refractivity contribution in [3.63, 3.8) is 0 Å². The zero-order valence-electron chi connectivity index (χ0n) is 14.0. The summed E-state index contributed by atoms with van der Waals surface area (Å²) in [7, 11) is 0. The Balaban J connectivity index is 1.83. The Hall–Kier alpha value is -2.09. The van der Waals surface area contributed by atoms with Gasteiger partial charge < -0.3 is 5.32 Å². The van der Waals surface area contributed by atoms with Gasteiger partial charge in [-0.2, -0.15) is 0 Å². The second-order valence-corrected chi connectivity index (χ2v) is 6.72. The minimum atomic E-state index is -0.0414. The van der Waals surface area contributed by atoms with Gasteiger partial charge in [0, 0.05) is 5.69 Å². The predicted octanol–water partition coefficient (Wildman–Crippen LogP) is 5.22. The third-order valence-corrected chi connectivity index (χ3v) is 5.09. The first-order valence-corrected chi connectivity index (χ1v) is 8.58. The fourth-order valence-electron chi connectivity index (χ4n) is 3.63. The van der Waals surface area contributed by atoms with Gasteiger partial charge >= 0.3 is 0 Å². The van der Waals surface area contributed by atoms with Crippen molar-refractivity contribution < 1.29 is 4.79 Å². The van der Waals surface area contributed by atoms with Gasteiger partial charge in [0.1, 0.15) is 0 Å². The maximum Gasteiger partial charge on any atom is 0.232 e. The summed E-state index contributed by atoms with van der Waals surface area (Å²) in [6.07, 6.45) is 4.79. The van der Waals surface area contributed by atoms with Crippen LogP contribution >= 0.6 is 0 Å². The maximum atomic E-state index is 13.0. The van der Waals surface area contributed by atoms with Gasteiger partial charge in [-0.05, 0) is 61.4 Å². The van der Waals surface area contributed by atoms with Crippen LogP contribution < -0.4 is 5.32 Å². The van der Waals surface area contributed by atoms with Crippen molar-refractivity contribution >= 4 is 11.6 Å². The van der Waals surface area contributed by atoms with Gasteiger partial charge in [-0.3, -0.25) is 4.79 Å². The molecule has 1 amide bonds. The third kappa shape index (κ3) is 3.64. The molecule has 23 heavy (non-hydrogen) atoms. The number of carbonyl (C=O) groups excluding carboxylic acids is 1. The van der Waals surface area contributed by atoms with Gasteiger partial charge in [0.15, 0.2) is 0 Å². The molecule has 1 saturated carbocycles. The number of amides is 1. The van der Waals surface area contributed by atoms with E-state index in [1.165, 1.54) is 24.0 Å². The largest absolute Gasteiger partial charge is 0.326 e. The standard InChI is InChI=1S/C21H25NO/c1-15-12-13-19(14-16(15)2)22-21(23)20(18-10-6-7-11-18)17-8-4-3-5-9-17/h3-5,8-9,12-14,18,20H,6-7,10-11H2,1-2H3,(H,22,23)/t20-/m0/s1. The number of aryl methyl sites for hydroxylation is 2. The minimum absolute atomic E-state index is 0.0414. The number of hydrogen-bond donors (Lipinski definition) is 1. The van der Waals surface area contributed by atoms with E-state index >= 15 is 0 Å². The Labute approximate surface area is 138 Å². The molecule has 2 aromatic carbocycles. The Bertz CT molecular complexity index is 671. The number of benzene rings is 2. The topological polar surface area (TPSA) is 29.1 Å². The molecule has 1 aliphatic carbocycles. The van der Waals surface area contributed by atoms with Gasteiger partial charge in [-0.1, -0.05) is 49.2 Å². The molecule has 3 rings (SSSR count). The Morgan fingerprint density at radius 2 is 1.70 bits per heavy atom. The van der Waals surface area contributed by atoms with Crippen LogP contribution in [0.25, 0.3) is 0 Å². The summed E-state index contributed by atoms with van der Waals surface area (Å²) in [5.41, 5.74) is 4.50. The van der Waals surface area contributed by atoms with E-state index < -0.39 is 0 Å². The zero-order chi connectivity index (χ0) is 16.2. The van der Waals surface area contributed by atoms with Gasteiger partial charge in [-0.25, -0.2) is 0 Å². The second kappa shape index (κ2) is 6.99. The highest BCUT2D eigenvalue weighted by molar-refractivity contribution is 5.96. The molecule has 0 aliphatic heterocycles. The first-order valence-electron chi connectivity index (χ1n) is 8.58. The quantitative estimate of drug-likeness (QED) is 0.824. The van der Waals surface area contributed by atoms with E-state index in [9.17, 15) is 4.79 Å². The van der Waals surface area contributed by atoms with E-state index in [-0.39, 0.29) is 11.8 Å². The van der Waals surface area contributed by atoms with Crippen LogP contribution in [0.2, 0.25) is 0 Å². The number of rotatable bonds is 4. The van der Waals surface area contributed by atoms with Crippen molar-refractivity contribution in [3.8, 4) is 0 Å². The van der Waals surface area contributed by atoms with Crippen molar-refractivity contribution in [1.82, 2.24) is 0 Å². The van der Waals surface area contributed by atoms with E-state index in [0.29, 0.717) is 5.92 Å². The lowest BCUT2D eigenvalue weighted by molar-refractivity contribution is -0.118. The first kappa shape index (κ1) is 15.8. The number of anilines is 1. The number of carbonyl (C=O) groups is 1. The fraction of sp³-hybridized carbons (Fsp3) is 0.381. The van der Waals surface area contributed by atoms with E-state index in [0.717, 1.165) is 24.1 Å². The molecular formula is C21H25NO. The Morgan fingerprint density at radius 3 is 2.35 bits per heavy atom. The molecule has 2 heteroatoms. The van der Waals surface area contributed by atoms with Crippen LogP contribution in [0, 0.1) is 19.8 Å². The molecule has 0 bridgehead atoms. The van der Waals surface area contributed by atoms with Crippen LogP contribution in [-0.2, 0) is 4.79 Å². The molecule has 0 saturated heterocycles. The van der Waals surface area contributed by atoms with E-state index in [1.54, 1.807) is 0 Å². The summed E-state index contributed by atoms with van der Waals surface area (Å²) in [5, 5.41) is 3.15. The van der Waals surface area contributed by atoms with Crippen LogP contribution in [0.15, 0.2) is 48.5 Å². The lowest BCUT2D eigenvalue weighted by Gasteiger charge is -2.23. The van der Waals surface area contributed by atoms with E-state index in [4.69, 9.17) is 0 Å². The van der Waals surface area contributed by atoms with Crippen molar-refractivity contribution in [2.24, 2.45) is 5.92 Å². The lowest BCUT2D eigenvalue weighted by atomic mass is 9.84. The summed E-state index contributed by atoms with van der Waals surface area (Å²) >= 11 is 0. The van der Waals surface area contributed by atoms with Gasteiger partial charge in [0.25, 0.3) is 0 Å². The molecule has 0 heterocycles. The molecule has 1 N–H and O–H groups in total. The van der Waals surface area contributed by atoms with Crippen molar-refractivity contribution in [3.05, 3.63) is 65.2 Å². The zero-order valence-corrected chi connectivity index (χ0v) is 14.0. The lowest BCUT2D eigenvalue weighted by Crippen LogP contribution is -2.26. The molecule has 1 atom stereocenters. The average molecular weight is 307 g/mol.